The third kappa shape index (κ3) is 6.49. The number of carboxylic acid groups (broad SMARTS) is 1. The van der Waals surface area contributed by atoms with Gasteiger partial charge in [-0.3, -0.25) is 14.5 Å². The topological polar surface area (TPSA) is 107 Å². The lowest BCUT2D eigenvalue weighted by Crippen LogP contribution is -2.45. The number of carbonyl (C=O) groups excluding carboxylic acids is 2. The number of aliphatic carboxylic acids is 1. The molecule has 0 bridgehead atoms. The molecule has 3 rings (SSSR count). The summed E-state index contributed by atoms with van der Waals surface area (Å²) in [6.07, 6.45) is -5.28. The fourth-order valence-electron chi connectivity index (χ4n) is 3.16. The Balaban J connectivity index is 1.67. The van der Waals surface area contributed by atoms with E-state index in [2.05, 4.69) is 5.32 Å². The number of amides is 2. The molecule has 36 heavy (non-hydrogen) atoms. The number of carbonyl (C=O) groups is 3. The zero-order valence-corrected chi connectivity index (χ0v) is 20.8. The van der Waals surface area contributed by atoms with Gasteiger partial charge in [0.15, 0.2) is 6.10 Å². The number of thioether (sulfide) groups is 1. The zero-order valence-electron chi connectivity index (χ0n) is 18.3. The normalized spacial score (nSPS) is 16.9. The summed E-state index contributed by atoms with van der Waals surface area (Å²) in [6.45, 7) is 1.25. The van der Waals surface area contributed by atoms with Crippen LogP contribution < -0.4 is 5.32 Å². The largest absolute Gasteiger partial charge is 0.479 e. The lowest BCUT2D eigenvalue weighted by molar-refractivity contribution is -0.148. The van der Waals surface area contributed by atoms with Crippen LogP contribution in [0.5, 0.6) is 0 Å². The number of thiocarbonyl (C=S) groups is 1. The van der Waals surface area contributed by atoms with Gasteiger partial charge in [0, 0.05) is 17.8 Å². The van der Waals surface area contributed by atoms with Crippen molar-refractivity contribution in [3.05, 3.63) is 50.8 Å². The van der Waals surface area contributed by atoms with Crippen LogP contribution in [-0.4, -0.2) is 55.9 Å². The van der Waals surface area contributed by atoms with Gasteiger partial charge in [0.2, 0.25) is 5.91 Å². The molecule has 0 unspecified atom stereocenters. The molecule has 2 amide bonds. The highest BCUT2D eigenvalue weighted by Gasteiger charge is 2.35. The Bertz CT molecular complexity index is 1240. The summed E-state index contributed by atoms with van der Waals surface area (Å²) in [5.41, 5.74) is -0.786. The molecule has 192 valence electrons. The van der Waals surface area contributed by atoms with Crippen molar-refractivity contribution in [2.75, 3.05) is 6.54 Å². The molecule has 1 saturated heterocycles. The maximum Gasteiger partial charge on any atom is 0.419 e. The number of hydrogen-bond acceptors (Lipinski definition) is 7. The Morgan fingerprint density at radius 1 is 1.25 bits per heavy atom. The molecule has 1 aromatic carbocycles. The maximum absolute atomic E-state index is 13.6. The predicted molar refractivity (Wildman–Crippen MR) is 130 cm³/mol. The summed E-state index contributed by atoms with van der Waals surface area (Å²) in [6, 6.07) is 3.23. The van der Waals surface area contributed by atoms with Crippen molar-refractivity contribution in [1.82, 2.24) is 10.2 Å². The molecular formula is C22H18F4N2O5S3. The van der Waals surface area contributed by atoms with E-state index in [9.17, 15) is 37.1 Å². The van der Waals surface area contributed by atoms with Gasteiger partial charge in [-0.25, -0.2) is 9.18 Å². The van der Waals surface area contributed by atoms with Gasteiger partial charge in [-0.1, -0.05) is 30.0 Å². The number of nitrogens with zero attached hydrogens (tertiary/aromatic N) is 1. The Morgan fingerprint density at radius 2 is 1.94 bits per heavy atom. The van der Waals surface area contributed by atoms with Crippen LogP contribution in [0.4, 0.5) is 17.6 Å². The first kappa shape index (κ1) is 27.8. The summed E-state index contributed by atoms with van der Waals surface area (Å²) in [5, 5.41) is 22.1. The van der Waals surface area contributed by atoms with E-state index < -0.39 is 47.5 Å². The lowest BCUT2D eigenvalue weighted by atomic mass is 10.0. The van der Waals surface area contributed by atoms with Gasteiger partial charge >= 0.3 is 12.1 Å². The van der Waals surface area contributed by atoms with Gasteiger partial charge in [-0.05, 0) is 47.7 Å². The van der Waals surface area contributed by atoms with Crippen LogP contribution in [0.1, 0.15) is 23.8 Å². The molecule has 1 aliphatic rings. The van der Waals surface area contributed by atoms with Crippen molar-refractivity contribution < 1.29 is 42.2 Å². The Kier molecular flexibility index (Phi) is 8.54. The van der Waals surface area contributed by atoms with Crippen LogP contribution >= 0.6 is 35.3 Å². The van der Waals surface area contributed by atoms with Crippen molar-refractivity contribution in [2.45, 2.75) is 31.7 Å². The first-order valence-corrected chi connectivity index (χ1v) is 12.3. The first-order valence-electron chi connectivity index (χ1n) is 10.2. The minimum absolute atomic E-state index is 0.0742. The number of alkyl halides is 3. The molecule has 0 saturated carbocycles. The quantitative estimate of drug-likeness (QED) is 0.253. The Morgan fingerprint density at radius 3 is 2.58 bits per heavy atom. The average molecular weight is 563 g/mol. The monoisotopic (exact) mass is 562 g/mol. The molecule has 0 spiro atoms. The average Bonchev–Trinajstić information content (AvgIpc) is 3.35. The Labute approximate surface area is 215 Å². The first-order chi connectivity index (χ1) is 16.8. The van der Waals surface area contributed by atoms with Crippen molar-refractivity contribution in [1.29, 1.82) is 0 Å². The molecule has 7 nitrogen and oxygen atoms in total. The number of carboxylic acids is 1. The third-order valence-corrected chi connectivity index (χ3v) is 7.31. The second kappa shape index (κ2) is 11.1. The summed E-state index contributed by atoms with van der Waals surface area (Å²) in [5.74, 6) is -3.90. The van der Waals surface area contributed by atoms with Crippen molar-refractivity contribution in [3.63, 3.8) is 0 Å². The summed E-state index contributed by atoms with van der Waals surface area (Å²) < 4.78 is 52.8. The predicted octanol–water partition coefficient (Wildman–Crippen LogP) is 4.11. The van der Waals surface area contributed by atoms with E-state index in [1.807, 2.05) is 0 Å². The standard InChI is InChI=1S/C22H18F4N2O5S3/c1-10(18(30)20(32)33)27-17(29)4-5-28-19(31)16(36-21(28)34)8-13-6-12(9-35-13)11-2-3-15(23)14(7-11)22(24,25)26/h2-3,6-10,18,30H,4-5H2,1H3,(H,27,29)(H,32,33)/b16-8-/t10-,18-/m0/s1. The SMILES string of the molecule is C[C@H](NC(=O)CCN1C(=O)/C(=C/c2cc(-c3ccc(F)c(C(F)(F)F)c3)cs2)SC1=S)[C@H](O)C(=O)O. The molecule has 0 aliphatic carbocycles. The lowest BCUT2D eigenvalue weighted by Gasteiger charge is -2.18. The number of halogens is 4. The van der Waals surface area contributed by atoms with Gasteiger partial charge in [-0.15, -0.1) is 11.3 Å². The highest BCUT2D eigenvalue weighted by Crippen LogP contribution is 2.37. The zero-order chi connectivity index (χ0) is 26.8. The molecule has 0 radical (unpaired) electrons. The molecular weight excluding hydrogens is 544 g/mol. The van der Waals surface area contributed by atoms with E-state index in [4.69, 9.17) is 17.3 Å². The van der Waals surface area contributed by atoms with Gasteiger partial charge in [0.25, 0.3) is 5.91 Å². The van der Waals surface area contributed by atoms with Crippen molar-refractivity contribution in [3.8, 4) is 11.1 Å². The van der Waals surface area contributed by atoms with E-state index in [1.54, 1.807) is 11.4 Å². The van der Waals surface area contributed by atoms with Crippen LogP contribution in [0.25, 0.3) is 17.2 Å². The van der Waals surface area contributed by atoms with Gasteiger partial charge in [0.1, 0.15) is 10.1 Å². The van der Waals surface area contributed by atoms with Crippen LogP contribution in [0.15, 0.2) is 34.6 Å². The minimum atomic E-state index is -4.84. The summed E-state index contributed by atoms with van der Waals surface area (Å²) >= 11 is 7.37. The van der Waals surface area contributed by atoms with Crippen molar-refractivity contribution in [2.24, 2.45) is 0 Å². The summed E-state index contributed by atoms with van der Waals surface area (Å²) in [4.78, 5) is 37.6. The highest BCUT2D eigenvalue weighted by atomic mass is 32.2. The Hall–Kier alpha value is -2.81. The molecule has 1 aromatic heterocycles. The molecule has 1 fully saturated rings. The molecule has 1 aliphatic heterocycles. The number of rotatable bonds is 8. The fraction of sp³-hybridized carbons (Fsp3) is 0.273. The van der Waals surface area contributed by atoms with Gasteiger partial charge in [-0.2, -0.15) is 13.2 Å². The fourth-order valence-corrected chi connectivity index (χ4v) is 5.38. The summed E-state index contributed by atoms with van der Waals surface area (Å²) in [7, 11) is 0. The number of aliphatic hydroxyl groups is 1. The van der Waals surface area contributed by atoms with Gasteiger partial charge in [0.05, 0.1) is 16.5 Å². The van der Waals surface area contributed by atoms with E-state index in [0.29, 0.717) is 10.4 Å². The van der Waals surface area contributed by atoms with Crippen molar-refractivity contribution >= 4 is 63.5 Å². The number of thiophene rings is 1. The molecule has 14 heteroatoms. The molecule has 2 heterocycles. The minimum Gasteiger partial charge on any atom is -0.479 e. The van der Waals surface area contributed by atoms with Crippen LogP contribution in [0, 0.1) is 5.82 Å². The number of aliphatic hydroxyl groups excluding tert-OH is 1. The van der Waals surface area contributed by atoms with E-state index in [-0.39, 0.29) is 27.8 Å². The smallest absolute Gasteiger partial charge is 0.419 e. The number of hydrogen-bond donors (Lipinski definition) is 3. The molecule has 3 N–H and O–H groups in total. The van der Waals surface area contributed by atoms with Gasteiger partial charge < -0.3 is 15.5 Å². The van der Waals surface area contributed by atoms with Crippen LogP contribution in [-0.2, 0) is 20.6 Å². The van der Waals surface area contributed by atoms with E-state index in [0.717, 1.165) is 23.9 Å². The van der Waals surface area contributed by atoms with Crippen LogP contribution in [0.3, 0.4) is 0 Å². The maximum atomic E-state index is 13.6. The molecule has 2 atom stereocenters. The molecule has 2 aromatic rings. The second-order valence-corrected chi connectivity index (χ2v) is 10.3. The van der Waals surface area contributed by atoms with Crippen LogP contribution in [0.2, 0.25) is 0 Å². The number of nitrogens with one attached hydrogen (secondary N) is 1. The van der Waals surface area contributed by atoms with E-state index >= 15 is 0 Å². The van der Waals surface area contributed by atoms with E-state index in [1.165, 1.54) is 35.3 Å². The second-order valence-electron chi connectivity index (χ2n) is 7.65. The highest BCUT2D eigenvalue weighted by molar-refractivity contribution is 8.26. The third-order valence-electron chi connectivity index (χ3n) is 5.05. The number of benzene rings is 1.